The number of amides is 1. The summed E-state index contributed by atoms with van der Waals surface area (Å²) in [5, 5.41) is 132. The third-order valence-corrected chi connectivity index (χ3v) is 14.7. The van der Waals surface area contributed by atoms with Crippen molar-refractivity contribution < 1.29 is 99.4 Å². The highest BCUT2D eigenvalue weighted by Gasteiger charge is 2.67. The normalized spacial score (nSPS) is 41.2. The molecule has 406 valence electrons. The van der Waals surface area contributed by atoms with Crippen molar-refractivity contribution in [2.24, 2.45) is 50.5 Å². The zero-order valence-corrected chi connectivity index (χ0v) is 40.5. The molecule has 23 N–H and O–H groups in total. The van der Waals surface area contributed by atoms with Crippen LogP contribution in [0.2, 0.25) is 5.02 Å². The number of fused-ring (bicyclic) bond motifs is 3. The highest BCUT2D eigenvalue weighted by molar-refractivity contribution is 6.32. The smallest absolute Gasteiger partial charge is 0.255 e. The molecule has 1 amide bonds. The van der Waals surface area contributed by atoms with Crippen molar-refractivity contribution in [3.8, 4) is 5.75 Å². The number of benzene rings is 1. The van der Waals surface area contributed by atoms with Gasteiger partial charge in [0.25, 0.3) is 5.91 Å². The third-order valence-electron chi connectivity index (χ3n) is 14.4. The zero-order valence-electron chi connectivity index (χ0n) is 39.7. The molecule has 73 heavy (non-hydrogen) atoms. The van der Waals surface area contributed by atoms with Crippen LogP contribution in [0.3, 0.4) is 0 Å². The molecule has 6 aliphatic rings. The topological polar surface area (TPSA) is 518 Å². The van der Waals surface area contributed by atoms with Crippen molar-refractivity contribution in [2.75, 3.05) is 27.7 Å². The molecule has 1 aromatic rings. The number of phenols is 1. The molecule has 29 nitrogen and oxygen atoms in total. The van der Waals surface area contributed by atoms with Crippen molar-refractivity contribution >= 4 is 53.0 Å². The number of halogens is 1. The van der Waals surface area contributed by atoms with E-state index in [0.717, 1.165) is 0 Å². The summed E-state index contributed by atoms with van der Waals surface area (Å²) in [6.07, 6.45) is -17.6. The second kappa shape index (κ2) is 20.8. The van der Waals surface area contributed by atoms with E-state index in [9.17, 15) is 80.5 Å². The van der Waals surface area contributed by atoms with Crippen molar-refractivity contribution in [1.29, 1.82) is 0 Å². The second-order valence-corrected chi connectivity index (χ2v) is 19.4. The van der Waals surface area contributed by atoms with Crippen LogP contribution in [0.1, 0.15) is 31.4 Å². The van der Waals surface area contributed by atoms with Gasteiger partial charge in [0.05, 0.1) is 36.0 Å². The summed E-state index contributed by atoms with van der Waals surface area (Å²) in [7, 11) is 4.39. The Balaban J connectivity index is 0.000000242. The minimum atomic E-state index is -2.78. The van der Waals surface area contributed by atoms with Gasteiger partial charge in [0.2, 0.25) is 5.78 Å². The minimum absolute atomic E-state index is 0.0187. The van der Waals surface area contributed by atoms with E-state index in [4.69, 9.17) is 59.2 Å². The Bertz CT molecular complexity index is 2470. The number of ketones is 2. The monoisotopic (exact) mass is 1060 g/mol. The summed E-state index contributed by atoms with van der Waals surface area (Å²) >= 11 is 6.28. The Kier molecular flexibility index (Phi) is 16.3. The van der Waals surface area contributed by atoms with Crippen LogP contribution in [0.25, 0.3) is 5.76 Å². The summed E-state index contributed by atoms with van der Waals surface area (Å²) in [4.78, 5) is 59.8. The lowest BCUT2D eigenvalue weighted by Crippen LogP contribution is -2.67. The van der Waals surface area contributed by atoms with Gasteiger partial charge in [-0.15, -0.1) is 0 Å². The Labute approximate surface area is 419 Å². The Hall–Kier alpha value is -5.19. The van der Waals surface area contributed by atoms with Gasteiger partial charge in [-0.1, -0.05) is 11.6 Å². The maximum Gasteiger partial charge on any atom is 0.255 e. The van der Waals surface area contributed by atoms with Crippen LogP contribution >= 0.6 is 11.6 Å². The van der Waals surface area contributed by atoms with Crippen molar-refractivity contribution in [2.45, 2.75) is 129 Å². The van der Waals surface area contributed by atoms with Gasteiger partial charge in [-0.2, -0.15) is 0 Å². The summed E-state index contributed by atoms with van der Waals surface area (Å²) in [5.41, 5.74) is 18.3. The van der Waals surface area contributed by atoms with Crippen LogP contribution in [-0.2, 0) is 43.7 Å². The number of likely N-dealkylation sites (N-methyl/N-ethyl adjacent to an activating group) is 2. The highest BCUT2D eigenvalue weighted by atomic mass is 35.5. The summed E-state index contributed by atoms with van der Waals surface area (Å²) in [5.74, 6) is -9.33. The van der Waals surface area contributed by atoms with Crippen LogP contribution in [0.5, 0.6) is 5.75 Å². The zero-order chi connectivity index (χ0) is 54.9. The predicted octanol–water partition coefficient (Wildman–Crippen LogP) is -7.88. The molecule has 2 saturated heterocycles. The fourth-order valence-corrected chi connectivity index (χ4v) is 11.0. The van der Waals surface area contributed by atoms with Crippen LogP contribution in [-0.4, -0.2) is 232 Å². The van der Waals surface area contributed by atoms with E-state index in [1.807, 2.05) is 0 Å². The van der Waals surface area contributed by atoms with E-state index in [-0.39, 0.29) is 28.9 Å². The molecule has 0 bridgehead atoms. The predicted molar refractivity (Wildman–Crippen MR) is 248 cm³/mol. The number of aliphatic hydroxyl groups is 11. The molecule has 4 aliphatic carbocycles. The quantitative estimate of drug-likeness (QED) is 0.0424. The number of hydrogen-bond donors (Lipinski definition) is 18. The summed E-state index contributed by atoms with van der Waals surface area (Å²) < 4.78 is 22.9. The van der Waals surface area contributed by atoms with Gasteiger partial charge in [0.1, 0.15) is 83.8 Å². The second-order valence-electron chi connectivity index (χ2n) is 19.0. The number of nitrogens with zero attached hydrogens (tertiary/aromatic N) is 3. The van der Waals surface area contributed by atoms with Gasteiger partial charge in [-0.3, -0.25) is 24.1 Å². The molecule has 0 unspecified atom stereocenters. The van der Waals surface area contributed by atoms with Crippen LogP contribution in [0.15, 0.2) is 39.0 Å². The molecule has 20 atom stereocenters. The number of aromatic hydroxyl groups is 1. The van der Waals surface area contributed by atoms with Gasteiger partial charge < -0.3 is 114 Å². The number of Topliss-reactive ketones (excluding diaryl/α,β-unsaturated/α-hetero) is 2. The molecule has 4 fully saturated rings. The van der Waals surface area contributed by atoms with Gasteiger partial charge >= 0.3 is 0 Å². The number of carbonyl (C=O) groups excluding carboxylic acids is 4. The summed E-state index contributed by atoms with van der Waals surface area (Å²) in [6, 6.07) is -2.84. The number of rotatable bonds is 11. The SMILES string of the molecule is CN(C)[C@@H]1C(=O)C(C(N)=O)=C(O)[C@@]2(O)C(=O)C3=C(O)c4c(O)ccc(Cl)c4[C@](C)(O)[C@H]3C[C@@H]12.CN[C@@H]1[C@H](O[C@H]2[C@H](O[C@H]3[C@H](O)[C@@H](O)[C@H](N=C(N)N)[C@@H](O)[C@@H]3N=C(N)N)O[C@@H](C)[C@]2(O)C=O)O[C@@H](CO)[C@H](O)[C@H]1O. The number of carbonyl (C=O) groups is 4. The number of aliphatic hydroxyl groups excluding tert-OH is 8. The van der Waals surface area contributed by atoms with E-state index < -0.39 is 185 Å². The number of hydrogen-bond acceptors (Lipinski definition) is 24. The number of ether oxygens (including phenoxy) is 4. The lowest BCUT2D eigenvalue weighted by molar-refractivity contribution is -0.314. The van der Waals surface area contributed by atoms with E-state index in [0.29, 0.717) is 0 Å². The number of nitrogens with one attached hydrogen (secondary N) is 1. The van der Waals surface area contributed by atoms with E-state index >= 15 is 0 Å². The molecule has 0 spiro atoms. The lowest BCUT2D eigenvalue weighted by atomic mass is 9.54. The first-order chi connectivity index (χ1) is 33.9. The largest absolute Gasteiger partial charge is 0.508 e. The number of guanidine groups is 2. The molecule has 7 rings (SSSR count). The van der Waals surface area contributed by atoms with E-state index in [1.54, 1.807) is 0 Å². The van der Waals surface area contributed by atoms with Crippen molar-refractivity contribution in [3.63, 3.8) is 0 Å². The minimum Gasteiger partial charge on any atom is -0.508 e. The maximum atomic E-state index is 13.7. The molecule has 0 radical (unpaired) electrons. The average molecular weight is 1060 g/mol. The number of primary amides is 1. The number of phenolic OH excluding ortho intramolecular Hbond substituents is 1. The average Bonchev–Trinajstić information content (AvgIpc) is 3.54. The lowest BCUT2D eigenvalue weighted by Gasteiger charge is -2.53. The number of aldehydes is 1. The third kappa shape index (κ3) is 9.40. The van der Waals surface area contributed by atoms with Gasteiger partial charge in [0.15, 0.2) is 47.8 Å². The molecule has 1 aromatic carbocycles. The van der Waals surface area contributed by atoms with E-state index in [1.165, 1.54) is 52.0 Å². The highest BCUT2D eigenvalue weighted by Crippen LogP contribution is 2.58. The molecule has 30 heteroatoms. The Morgan fingerprint density at radius 1 is 0.904 bits per heavy atom. The first-order valence-corrected chi connectivity index (χ1v) is 22.8. The van der Waals surface area contributed by atoms with Crippen molar-refractivity contribution in [3.05, 3.63) is 45.2 Å². The van der Waals surface area contributed by atoms with Crippen molar-refractivity contribution in [1.82, 2.24) is 10.2 Å². The maximum absolute atomic E-state index is 13.7. The van der Waals surface area contributed by atoms with Gasteiger partial charge in [0, 0.05) is 28.0 Å². The Morgan fingerprint density at radius 2 is 1.51 bits per heavy atom. The standard InChI is InChI=1S/C22H23ClN2O8.C21H39N7O12/c1-21(32)7-6-8-15(25(2)3)17(28)13(20(24)31)19(30)22(8,33)18(29)11(7)16(27)12-10(26)5-4-9(23)14(12)21;1-5-21(36,4-30)16(40-17-9(26-2)13(34)10(31)6(3-29)38-17)18(37-5)39-15-8(28-20(24)25)11(32)7(27-19(22)23)12(33)14(15)35/h4-5,7-8,15,26-27,30,32-33H,6H2,1-3H3,(H2,24,31);4-18,26,29,31-36H,3H2,1-2H3,(H4,22,23,27)(H4,24,25,28)/t7-,8-,15-,21+,22-;5-,6-,7+,8-,9-,10-,11+,12-,13-,14+,15+,16-,17-,18-,21+/m00/s1. The van der Waals surface area contributed by atoms with Gasteiger partial charge in [-0.05, 0) is 53.5 Å². The first kappa shape index (κ1) is 57.1. The van der Waals surface area contributed by atoms with Crippen LogP contribution in [0.4, 0.5) is 0 Å². The van der Waals surface area contributed by atoms with Gasteiger partial charge in [-0.25, -0.2) is 9.98 Å². The fourth-order valence-electron chi connectivity index (χ4n) is 10.7. The van der Waals surface area contributed by atoms with E-state index in [2.05, 4.69) is 15.3 Å². The molecule has 2 heterocycles. The Morgan fingerprint density at radius 3 is 2.04 bits per heavy atom. The molecule has 0 aromatic heterocycles. The van der Waals surface area contributed by atoms with Crippen LogP contribution < -0.4 is 34.0 Å². The molecular weight excluding hydrogens is 998 g/mol. The summed E-state index contributed by atoms with van der Waals surface area (Å²) in [6.45, 7) is 1.96. The number of nitrogens with two attached hydrogens (primary N) is 5. The number of aliphatic imine (C=N–C) groups is 2. The molecule has 2 aliphatic heterocycles. The van der Waals surface area contributed by atoms with Crippen LogP contribution in [0, 0.1) is 11.8 Å². The first-order valence-electron chi connectivity index (χ1n) is 22.5. The molecule has 2 saturated carbocycles. The fraction of sp³-hybridized carbons (Fsp3) is 0.628. The molecular formula is C43H62ClN9O20.